The summed E-state index contributed by atoms with van der Waals surface area (Å²) in [5, 5.41) is 10.2. The Morgan fingerprint density at radius 3 is 2.88 bits per heavy atom. The molecule has 0 saturated heterocycles. The molecule has 1 aromatic heterocycles. The first-order valence-corrected chi connectivity index (χ1v) is 10.5. The molecule has 0 unspecified atom stereocenters. The van der Waals surface area contributed by atoms with E-state index in [1.54, 1.807) is 5.57 Å². The van der Waals surface area contributed by atoms with Gasteiger partial charge in [-0.3, -0.25) is 4.98 Å². The molecule has 5 rings (SSSR count). The lowest BCUT2D eigenvalue weighted by Crippen LogP contribution is -2.49. The second-order valence-corrected chi connectivity index (χ2v) is 9.88. The molecule has 2 fully saturated rings. The number of rotatable bonds is 1. The van der Waals surface area contributed by atoms with Gasteiger partial charge in [-0.05, 0) is 90.7 Å². The van der Waals surface area contributed by atoms with Crippen LogP contribution in [-0.4, -0.2) is 16.2 Å². The van der Waals surface area contributed by atoms with Crippen LogP contribution >= 0.6 is 0 Å². The van der Waals surface area contributed by atoms with Crippen molar-refractivity contribution in [3.63, 3.8) is 0 Å². The molecule has 0 amide bonds. The summed E-state index contributed by atoms with van der Waals surface area (Å²) in [6, 6.07) is 4.28. The molecule has 2 nitrogen and oxygen atoms in total. The van der Waals surface area contributed by atoms with Crippen LogP contribution in [0.15, 0.2) is 42.3 Å². The number of nitrogens with zero attached hydrogens (tertiary/aromatic N) is 1. The molecule has 138 valence electrons. The Morgan fingerprint density at radius 2 is 2.08 bits per heavy atom. The number of aliphatic hydroxyl groups is 1. The molecule has 26 heavy (non-hydrogen) atoms. The Labute approximate surface area is 157 Å². The Balaban J connectivity index is 1.50. The SMILES string of the molecule is C[C@]12CC[C@H]3[C@@H](CC=C4C[C@@H](O)CC[C@@]43C)[C@@H]1C=C(c1cccnc1)C2. The van der Waals surface area contributed by atoms with Crippen LogP contribution in [-0.2, 0) is 0 Å². The van der Waals surface area contributed by atoms with Crippen LogP contribution in [0.25, 0.3) is 5.57 Å². The molecular weight excluding hydrogens is 318 g/mol. The molecule has 1 N–H and O–H groups in total. The summed E-state index contributed by atoms with van der Waals surface area (Å²) < 4.78 is 0. The second-order valence-electron chi connectivity index (χ2n) is 9.88. The topological polar surface area (TPSA) is 33.1 Å². The monoisotopic (exact) mass is 349 g/mol. The normalized spacial score (nSPS) is 44.4. The van der Waals surface area contributed by atoms with Gasteiger partial charge < -0.3 is 5.11 Å². The number of aliphatic hydroxyl groups excluding tert-OH is 1. The number of hydrogen-bond acceptors (Lipinski definition) is 2. The summed E-state index contributed by atoms with van der Waals surface area (Å²) in [6.45, 7) is 5.03. The van der Waals surface area contributed by atoms with Crippen molar-refractivity contribution in [2.45, 2.75) is 64.9 Å². The smallest absolute Gasteiger partial charge is 0.0577 e. The molecule has 0 bridgehead atoms. The van der Waals surface area contributed by atoms with E-state index in [0.29, 0.717) is 16.7 Å². The molecule has 1 heterocycles. The third kappa shape index (κ3) is 2.37. The maximum atomic E-state index is 10.2. The summed E-state index contributed by atoms with van der Waals surface area (Å²) in [4.78, 5) is 4.35. The van der Waals surface area contributed by atoms with Crippen molar-refractivity contribution in [3.05, 3.63) is 47.8 Å². The lowest BCUT2D eigenvalue weighted by molar-refractivity contribution is -0.0256. The lowest BCUT2D eigenvalue weighted by atomic mass is 9.48. The van der Waals surface area contributed by atoms with Gasteiger partial charge in [0.2, 0.25) is 0 Å². The minimum absolute atomic E-state index is 0.108. The van der Waals surface area contributed by atoms with Crippen LogP contribution in [0.4, 0.5) is 0 Å². The van der Waals surface area contributed by atoms with Crippen molar-refractivity contribution in [1.82, 2.24) is 4.98 Å². The van der Waals surface area contributed by atoms with Crippen molar-refractivity contribution >= 4 is 5.57 Å². The van der Waals surface area contributed by atoms with E-state index in [2.05, 4.69) is 43.1 Å². The van der Waals surface area contributed by atoms with Crippen molar-refractivity contribution in [2.24, 2.45) is 28.6 Å². The van der Waals surface area contributed by atoms with Crippen LogP contribution < -0.4 is 0 Å². The molecule has 2 heteroatoms. The minimum Gasteiger partial charge on any atom is -0.393 e. The van der Waals surface area contributed by atoms with Crippen molar-refractivity contribution in [2.75, 3.05) is 0 Å². The number of fused-ring (bicyclic) bond motifs is 5. The second kappa shape index (κ2) is 5.79. The summed E-state index contributed by atoms with van der Waals surface area (Å²) in [5.74, 6) is 2.25. The zero-order valence-electron chi connectivity index (χ0n) is 16.1. The third-order valence-corrected chi connectivity index (χ3v) is 8.46. The molecule has 1 aromatic rings. The third-order valence-electron chi connectivity index (χ3n) is 8.46. The van der Waals surface area contributed by atoms with Gasteiger partial charge in [-0.2, -0.15) is 0 Å². The highest BCUT2D eigenvalue weighted by molar-refractivity contribution is 5.68. The molecule has 0 aliphatic heterocycles. The van der Waals surface area contributed by atoms with E-state index in [9.17, 15) is 5.11 Å². The Hall–Kier alpha value is -1.41. The van der Waals surface area contributed by atoms with Crippen molar-refractivity contribution < 1.29 is 5.11 Å². The zero-order chi connectivity index (χ0) is 17.9. The Bertz CT molecular complexity index is 766. The average molecular weight is 350 g/mol. The van der Waals surface area contributed by atoms with Gasteiger partial charge in [-0.1, -0.05) is 37.6 Å². The van der Waals surface area contributed by atoms with E-state index < -0.39 is 0 Å². The van der Waals surface area contributed by atoms with E-state index in [0.717, 1.165) is 24.7 Å². The van der Waals surface area contributed by atoms with E-state index in [4.69, 9.17) is 0 Å². The molecule has 4 aliphatic carbocycles. The highest BCUT2D eigenvalue weighted by Crippen LogP contribution is 2.64. The van der Waals surface area contributed by atoms with Gasteiger partial charge in [-0.15, -0.1) is 0 Å². The number of allylic oxidation sites excluding steroid dienone is 3. The molecule has 2 saturated carbocycles. The average Bonchev–Trinajstić information content (AvgIpc) is 3.01. The molecule has 4 aliphatic rings. The van der Waals surface area contributed by atoms with Crippen LogP contribution in [0, 0.1) is 28.6 Å². The van der Waals surface area contributed by atoms with Gasteiger partial charge >= 0.3 is 0 Å². The van der Waals surface area contributed by atoms with E-state index >= 15 is 0 Å². The minimum atomic E-state index is -0.108. The summed E-state index contributed by atoms with van der Waals surface area (Å²) >= 11 is 0. The highest BCUT2D eigenvalue weighted by atomic mass is 16.3. The fourth-order valence-corrected chi connectivity index (χ4v) is 6.96. The number of pyridine rings is 1. The largest absolute Gasteiger partial charge is 0.393 e. The number of aromatic nitrogens is 1. The first kappa shape index (κ1) is 16.7. The lowest BCUT2D eigenvalue weighted by Gasteiger charge is -2.57. The van der Waals surface area contributed by atoms with Crippen LogP contribution in [0.3, 0.4) is 0 Å². The number of hydrogen-bond donors (Lipinski definition) is 1. The maximum absolute atomic E-state index is 10.2. The van der Waals surface area contributed by atoms with E-state index in [-0.39, 0.29) is 6.10 Å². The summed E-state index contributed by atoms with van der Waals surface area (Å²) in [6.07, 6.45) is 17.1. The summed E-state index contributed by atoms with van der Waals surface area (Å²) in [5.41, 5.74) is 5.15. The van der Waals surface area contributed by atoms with E-state index in [1.165, 1.54) is 43.2 Å². The van der Waals surface area contributed by atoms with Crippen LogP contribution in [0.5, 0.6) is 0 Å². The fraction of sp³-hybridized carbons (Fsp3) is 0.625. The van der Waals surface area contributed by atoms with Gasteiger partial charge in [0.25, 0.3) is 0 Å². The molecule has 0 radical (unpaired) electrons. The standard InChI is InChI=1S/C24H31NO/c1-23-9-8-21-20(6-5-18-13-19(26)7-10-24(18,21)2)22(23)12-17(14-23)16-4-3-11-25-15-16/h3-5,11-12,15,19-22,26H,6-10,13-14H2,1-2H3/t19-,20+,21-,22-,23+,24-/m0/s1. The first-order valence-electron chi connectivity index (χ1n) is 10.5. The van der Waals surface area contributed by atoms with Crippen molar-refractivity contribution in [1.29, 1.82) is 0 Å². The molecule has 0 spiro atoms. The maximum Gasteiger partial charge on any atom is 0.0577 e. The van der Waals surface area contributed by atoms with Gasteiger partial charge in [0, 0.05) is 12.4 Å². The Morgan fingerprint density at radius 1 is 1.19 bits per heavy atom. The zero-order valence-corrected chi connectivity index (χ0v) is 16.1. The van der Waals surface area contributed by atoms with Gasteiger partial charge in [0.1, 0.15) is 0 Å². The predicted molar refractivity (Wildman–Crippen MR) is 105 cm³/mol. The predicted octanol–water partition coefficient (Wildman–Crippen LogP) is 5.40. The molecular formula is C24H31NO. The van der Waals surface area contributed by atoms with Crippen molar-refractivity contribution in [3.8, 4) is 0 Å². The highest BCUT2D eigenvalue weighted by Gasteiger charge is 2.55. The first-order chi connectivity index (χ1) is 12.5. The quantitative estimate of drug-likeness (QED) is 0.689. The molecule has 6 atom stereocenters. The van der Waals surface area contributed by atoms with Gasteiger partial charge in [-0.25, -0.2) is 0 Å². The molecule has 0 aromatic carbocycles. The van der Waals surface area contributed by atoms with Crippen LogP contribution in [0.2, 0.25) is 0 Å². The Kier molecular flexibility index (Phi) is 3.73. The fourth-order valence-electron chi connectivity index (χ4n) is 6.96. The van der Waals surface area contributed by atoms with Crippen LogP contribution in [0.1, 0.15) is 64.4 Å². The summed E-state index contributed by atoms with van der Waals surface area (Å²) in [7, 11) is 0. The van der Waals surface area contributed by atoms with E-state index in [1.807, 2.05) is 12.4 Å². The van der Waals surface area contributed by atoms with Gasteiger partial charge in [0.05, 0.1) is 6.10 Å². The van der Waals surface area contributed by atoms with Gasteiger partial charge in [0.15, 0.2) is 0 Å².